The molecule has 7 heteroatoms. The van der Waals surface area contributed by atoms with Crippen molar-refractivity contribution in [1.29, 1.82) is 0 Å². The number of rotatable bonds is 3. The van der Waals surface area contributed by atoms with E-state index < -0.39 is 41.6 Å². The Kier molecular flexibility index (Phi) is 3.69. The molecule has 0 amide bonds. The van der Waals surface area contributed by atoms with Crippen molar-refractivity contribution in [3.8, 4) is 0 Å². The van der Waals surface area contributed by atoms with Crippen LogP contribution in [-0.4, -0.2) is 30.3 Å². The van der Waals surface area contributed by atoms with Crippen LogP contribution in [0, 0.1) is 5.92 Å². The highest BCUT2D eigenvalue weighted by Gasteiger charge is 2.46. The number of ketones is 2. The van der Waals surface area contributed by atoms with Crippen molar-refractivity contribution in [1.82, 2.24) is 0 Å². The first-order chi connectivity index (χ1) is 7.77. The van der Waals surface area contributed by atoms with Crippen LogP contribution < -0.4 is 0 Å². The number of allylic oxidation sites excluding steroid dienone is 1. The van der Waals surface area contributed by atoms with Crippen LogP contribution in [0.1, 0.15) is 13.3 Å². The van der Waals surface area contributed by atoms with Crippen molar-refractivity contribution < 1.29 is 32.3 Å². The number of Topliss-reactive ketones (excluding diaryl/α,β-unsaturated/α-hetero) is 2. The molecule has 94 valence electrons. The fourth-order valence-corrected chi connectivity index (χ4v) is 1.43. The van der Waals surface area contributed by atoms with Gasteiger partial charge in [0.15, 0.2) is 5.78 Å². The Morgan fingerprint density at radius 3 is 2.53 bits per heavy atom. The lowest BCUT2D eigenvalue weighted by atomic mass is 10.0. The molecule has 1 atom stereocenters. The van der Waals surface area contributed by atoms with Gasteiger partial charge < -0.3 is 4.74 Å². The van der Waals surface area contributed by atoms with E-state index in [1.54, 1.807) is 0 Å². The predicted octanol–water partition coefficient (Wildman–Crippen LogP) is 1.20. The van der Waals surface area contributed by atoms with E-state index in [2.05, 4.69) is 4.74 Å². The SMILES string of the molecule is CCOC(=O)C1=CC(C(=O)C(F)(F)F)CC1=O. The van der Waals surface area contributed by atoms with Crippen molar-refractivity contribution in [2.75, 3.05) is 6.61 Å². The summed E-state index contributed by atoms with van der Waals surface area (Å²) in [5, 5.41) is 0. The second-order valence-corrected chi connectivity index (χ2v) is 3.40. The van der Waals surface area contributed by atoms with Crippen molar-refractivity contribution in [2.45, 2.75) is 19.5 Å². The largest absolute Gasteiger partial charge is 0.462 e. The third-order valence-corrected chi connectivity index (χ3v) is 2.19. The van der Waals surface area contributed by atoms with Crippen LogP contribution in [0.2, 0.25) is 0 Å². The Hall–Kier alpha value is -1.66. The van der Waals surface area contributed by atoms with E-state index in [4.69, 9.17) is 0 Å². The zero-order valence-corrected chi connectivity index (χ0v) is 8.84. The molecule has 0 fully saturated rings. The van der Waals surface area contributed by atoms with Crippen LogP contribution in [0.3, 0.4) is 0 Å². The number of ether oxygens (including phenoxy) is 1. The van der Waals surface area contributed by atoms with E-state index in [0.29, 0.717) is 0 Å². The first kappa shape index (κ1) is 13.4. The van der Waals surface area contributed by atoms with Gasteiger partial charge in [-0.2, -0.15) is 13.2 Å². The maximum Gasteiger partial charge on any atom is 0.450 e. The monoisotopic (exact) mass is 250 g/mol. The van der Waals surface area contributed by atoms with E-state index in [-0.39, 0.29) is 6.61 Å². The number of esters is 1. The summed E-state index contributed by atoms with van der Waals surface area (Å²) in [6, 6.07) is 0. The quantitative estimate of drug-likeness (QED) is 0.557. The van der Waals surface area contributed by atoms with Gasteiger partial charge in [-0.25, -0.2) is 4.79 Å². The first-order valence-electron chi connectivity index (χ1n) is 4.80. The zero-order chi connectivity index (χ0) is 13.2. The molecule has 1 aliphatic rings. The minimum absolute atomic E-state index is 0.00133. The molecule has 0 aliphatic heterocycles. The highest BCUT2D eigenvalue weighted by molar-refractivity contribution is 6.20. The lowest BCUT2D eigenvalue weighted by Crippen LogP contribution is -2.29. The van der Waals surface area contributed by atoms with E-state index in [1.165, 1.54) is 6.92 Å². The maximum absolute atomic E-state index is 12.1. The summed E-state index contributed by atoms with van der Waals surface area (Å²) >= 11 is 0. The van der Waals surface area contributed by atoms with Gasteiger partial charge in [0.05, 0.1) is 18.1 Å². The molecule has 1 unspecified atom stereocenters. The lowest BCUT2D eigenvalue weighted by molar-refractivity contribution is -0.174. The van der Waals surface area contributed by atoms with Crippen molar-refractivity contribution in [2.24, 2.45) is 5.92 Å². The zero-order valence-electron chi connectivity index (χ0n) is 8.84. The normalized spacial score (nSPS) is 20.1. The Balaban J connectivity index is 2.86. The highest BCUT2D eigenvalue weighted by atomic mass is 19.4. The summed E-state index contributed by atoms with van der Waals surface area (Å²) < 4.78 is 40.8. The molecule has 0 N–H and O–H groups in total. The van der Waals surface area contributed by atoms with E-state index >= 15 is 0 Å². The highest BCUT2D eigenvalue weighted by Crippen LogP contribution is 2.29. The molecule has 0 radical (unpaired) electrons. The second kappa shape index (κ2) is 4.68. The number of hydrogen-bond donors (Lipinski definition) is 0. The summed E-state index contributed by atoms with van der Waals surface area (Å²) in [4.78, 5) is 33.3. The van der Waals surface area contributed by atoms with Crippen LogP contribution in [0.25, 0.3) is 0 Å². The molecule has 0 saturated carbocycles. The average molecular weight is 250 g/mol. The van der Waals surface area contributed by atoms with Crippen molar-refractivity contribution >= 4 is 17.5 Å². The Labute approximate surface area is 94.4 Å². The van der Waals surface area contributed by atoms with Gasteiger partial charge in [-0.05, 0) is 6.92 Å². The van der Waals surface area contributed by atoms with E-state index in [0.717, 1.165) is 6.08 Å². The third-order valence-electron chi connectivity index (χ3n) is 2.19. The van der Waals surface area contributed by atoms with Gasteiger partial charge in [0.1, 0.15) is 0 Å². The van der Waals surface area contributed by atoms with Crippen molar-refractivity contribution in [3.63, 3.8) is 0 Å². The van der Waals surface area contributed by atoms with Gasteiger partial charge in [-0.15, -0.1) is 0 Å². The van der Waals surface area contributed by atoms with Crippen LogP contribution in [0.5, 0.6) is 0 Å². The topological polar surface area (TPSA) is 60.4 Å². The van der Waals surface area contributed by atoms with Gasteiger partial charge in [0.2, 0.25) is 5.78 Å². The van der Waals surface area contributed by atoms with Crippen LogP contribution in [0.4, 0.5) is 13.2 Å². The summed E-state index contributed by atoms with van der Waals surface area (Å²) in [5.41, 5.74) is -0.477. The molecule has 0 saturated heterocycles. The fraction of sp³-hybridized carbons (Fsp3) is 0.500. The molecule has 0 bridgehead atoms. The standard InChI is InChI=1S/C10H9F3O4/c1-2-17-9(16)6-3-5(4-7(6)14)8(15)10(11,12)13/h3,5H,2,4H2,1H3. The number of carbonyl (C=O) groups excluding carboxylic acids is 3. The van der Waals surface area contributed by atoms with Gasteiger partial charge in [0, 0.05) is 6.42 Å². The average Bonchev–Trinajstić information content (AvgIpc) is 2.58. The predicted molar refractivity (Wildman–Crippen MR) is 48.9 cm³/mol. The second-order valence-electron chi connectivity index (χ2n) is 3.40. The molecule has 0 aromatic heterocycles. The lowest BCUT2D eigenvalue weighted by Gasteiger charge is -2.07. The molecule has 0 spiro atoms. The van der Waals surface area contributed by atoms with E-state index in [1.807, 2.05) is 0 Å². The van der Waals surface area contributed by atoms with E-state index in [9.17, 15) is 27.6 Å². The molecular formula is C10H9F3O4. The minimum atomic E-state index is -5.01. The number of carbonyl (C=O) groups is 3. The number of hydrogen-bond acceptors (Lipinski definition) is 4. The summed E-state index contributed by atoms with van der Waals surface area (Å²) in [6.07, 6.45) is -4.91. The Morgan fingerprint density at radius 2 is 2.06 bits per heavy atom. The minimum Gasteiger partial charge on any atom is -0.462 e. The molecule has 0 aromatic carbocycles. The molecule has 0 heterocycles. The smallest absolute Gasteiger partial charge is 0.450 e. The first-order valence-corrected chi connectivity index (χ1v) is 4.80. The molecule has 4 nitrogen and oxygen atoms in total. The summed E-state index contributed by atoms with van der Waals surface area (Å²) in [6.45, 7) is 1.50. The van der Waals surface area contributed by atoms with Crippen LogP contribution in [-0.2, 0) is 19.1 Å². The summed E-state index contributed by atoms with van der Waals surface area (Å²) in [5.74, 6) is -5.42. The third kappa shape index (κ3) is 2.92. The van der Waals surface area contributed by atoms with Gasteiger partial charge in [-0.3, -0.25) is 9.59 Å². The Morgan fingerprint density at radius 1 is 1.47 bits per heavy atom. The molecular weight excluding hydrogens is 241 g/mol. The van der Waals surface area contributed by atoms with Gasteiger partial charge in [-0.1, -0.05) is 6.08 Å². The number of alkyl halides is 3. The molecule has 1 aliphatic carbocycles. The fourth-order valence-electron chi connectivity index (χ4n) is 1.43. The maximum atomic E-state index is 12.1. The molecule has 1 rings (SSSR count). The van der Waals surface area contributed by atoms with Crippen LogP contribution in [0.15, 0.2) is 11.6 Å². The molecule has 0 aromatic rings. The molecule has 17 heavy (non-hydrogen) atoms. The van der Waals surface area contributed by atoms with Crippen molar-refractivity contribution in [3.05, 3.63) is 11.6 Å². The van der Waals surface area contributed by atoms with Crippen LogP contribution >= 0.6 is 0 Å². The van der Waals surface area contributed by atoms with Gasteiger partial charge in [0.25, 0.3) is 0 Å². The summed E-state index contributed by atoms with van der Waals surface area (Å²) in [7, 11) is 0. The number of halogens is 3. The van der Waals surface area contributed by atoms with Gasteiger partial charge >= 0.3 is 12.1 Å². The Bertz CT molecular complexity index is 395.